The summed E-state index contributed by atoms with van der Waals surface area (Å²) in [4.78, 5) is 0. The molecule has 0 spiro atoms. The van der Waals surface area contributed by atoms with Gasteiger partial charge in [-0.3, -0.25) is 0 Å². The Labute approximate surface area is 58.1 Å². The number of rotatable bonds is 0. The van der Waals surface area contributed by atoms with E-state index in [4.69, 9.17) is 5.11 Å². The standard InChI is InChI=1S/CH4O.2Mg.4H/c1-2;;;;;;/h2H,1H3;;;;;;. The molecule has 0 aromatic rings. The van der Waals surface area contributed by atoms with E-state index < -0.39 is 0 Å². The first-order valence-corrected chi connectivity index (χ1v) is 0.447. The summed E-state index contributed by atoms with van der Waals surface area (Å²) < 4.78 is 0. The van der Waals surface area contributed by atoms with Crippen LogP contribution in [0.3, 0.4) is 0 Å². The van der Waals surface area contributed by atoms with E-state index in [1.54, 1.807) is 0 Å². The van der Waals surface area contributed by atoms with Crippen molar-refractivity contribution in [2.24, 2.45) is 0 Å². The number of hydrogen-bond acceptors (Lipinski definition) is 1. The molecule has 0 amide bonds. The molecular weight excluding hydrogens is 76.6 g/mol. The summed E-state index contributed by atoms with van der Waals surface area (Å²) in [5, 5.41) is 7.00. The van der Waals surface area contributed by atoms with Crippen LogP contribution in [-0.4, -0.2) is 58.3 Å². The second-order valence-corrected chi connectivity index (χ2v) is 0. The predicted molar refractivity (Wildman–Crippen MR) is 25.2 cm³/mol. The topological polar surface area (TPSA) is 20.2 Å². The third-order valence-corrected chi connectivity index (χ3v) is 0. The Morgan fingerprint density at radius 1 is 1.00 bits per heavy atom. The van der Waals surface area contributed by atoms with Crippen LogP contribution in [0.4, 0.5) is 0 Å². The van der Waals surface area contributed by atoms with Gasteiger partial charge in [0.25, 0.3) is 0 Å². The first-order valence-electron chi connectivity index (χ1n) is 0.447. The van der Waals surface area contributed by atoms with Crippen molar-refractivity contribution in [3.05, 3.63) is 0 Å². The van der Waals surface area contributed by atoms with Crippen LogP contribution in [0, 0.1) is 0 Å². The number of aliphatic hydroxyl groups is 1. The van der Waals surface area contributed by atoms with Crippen LogP contribution >= 0.6 is 0 Å². The molecule has 22 valence electrons. The highest BCUT2D eigenvalue weighted by Crippen LogP contribution is 0.755. The molecule has 0 rings (SSSR count). The molecule has 1 nitrogen and oxygen atoms in total. The quantitative estimate of drug-likeness (QED) is 0.330. The van der Waals surface area contributed by atoms with Crippen molar-refractivity contribution in [2.75, 3.05) is 7.11 Å². The minimum atomic E-state index is 0. The van der Waals surface area contributed by atoms with Gasteiger partial charge in [-0.15, -0.1) is 0 Å². The second kappa shape index (κ2) is 24.6. The van der Waals surface area contributed by atoms with Gasteiger partial charge in [-0.25, -0.2) is 0 Å². The molecule has 0 aliphatic heterocycles. The van der Waals surface area contributed by atoms with E-state index >= 15 is 0 Å². The molecule has 0 aromatic carbocycles. The molecule has 0 radical (unpaired) electrons. The molecular formula is CH8Mg2O. The molecule has 0 aliphatic rings. The Bertz CT molecular complexity index is 6.00. The summed E-state index contributed by atoms with van der Waals surface area (Å²) in [6.07, 6.45) is 0. The molecule has 0 saturated carbocycles. The minimum Gasteiger partial charge on any atom is -0.400 e. The van der Waals surface area contributed by atoms with Gasteiger partial charge in [-0.1, -0.05) is 0 Å². The lowest BCUT2D eigenvalue weighted by Gasteiger charge is -1.21. The van der Waals surface area contributed by atoms with Crippen molar-refractivity contribution in [1.82, 2.24) is 0 Å². The van der Waals surface area contributed by atoms with Crippen molar-refractivity contribution in [3.8, 4) is 0 Å². The summed E-state index contributed by atoms with van der Waals surface area (Å²) in [6.45, 7) is 0. The summed E-state index contributed by atoms with van der Waals surface area (Å²) in [6, 6.07) is 0. The van der Waals surface area contributed by atoms with E-state index in [-0.39, 0.29) is 46.1 Å². The molecule has 0 heterocycles. The largest absolute Gasteiger partial charge is 0.400 e. The zero-order valence-corrected chi connectivity index (χ0v) is 1.45. The molecule has 1 N–H and O–H groups in total. The van der Waals surface area contributed by atoms with E-state index in [0.29, 0.717) is 0 Å². The summed E-state index contributed by atoms with van der Waals surface area (Å²) in [5.41, 5.74) is 0. The normalized spacial score (nSPS) is 1.50. The van der Waals surface area contributed by atoms with Crippen molar-refractivity contribution in [3.63, 3.8) is 0 Å². The highest BCUT2D eigenvalue weighted by molar-refractivity contribution is 5.76. The van der Waals surface area contributed by atoms with Crippen molar-refractivity contribution >= 4 is 46.1 Å². The molecule has 0 aromatic heterocycles. The van der Waals surface area contributed by atoms with Gasteiger partial charge < -0.3 is 5.11 Å². The Balaban J connectivity index is -0.00000000500. The van der Waals surface area contributed by atoms with Crippen molar-refractivity contribution in [1.29, 1.82) is 0 Å². The third-order valence-electron chi connectivity index (χ3n) is 0. The molecule has 0 aliphatic carbocycles. The van der Waals surface area contributed by atoms with Crippen LogP contribution in [0.2, 0.25) is 0 Å². The Morgan fingerprint density at radius 2 is 1.00 bits per heavy atom. The van der Waals surface area contributed by atoms with Crippen LogP contribution in [-0.2, 0) is 0 Å². The maximum absolute atomic E-state index is 7.00. The van der Waals surface area contributed by atoms with E-state index in [1.165, 1.54) is 0 Å². The van der Waals surface area contributed by atoms with Gasteiger partial charge in [-0.05, 0) is 0 Å². The fourth-order valence-electron chi connectivity index (χ4n) is 0. The van der Waals surface area contributed by atoms with Gasteiger partial charge in [0.2, 0.25) is 0 Å². The van der Waals surface area contributed by atoms with Crippen LogP contribution < -0.4 is 0 Å². The van der Waals surface area contributed by atoms with Crippen LogP contribution in [0.1, 0.15) is 0 Å². The SMILES string of the molecule is CO.[MgH2].[MgH2]. The third kappa shape index (κ3) is 9.74. The Morgan fingerprint density at radius 3 is 1.00 bits per heavy atom. The van der Waals surface area contributed by atoms with Gasteiger partial charge in [0.1, 0.15) is 0 Å². The lowest BCUT2D eigenvalue weighted by atomic mass is 11.8. The van der Waals surface area contributed by atoms with E-state index in [0.717, 1.165) is 7.11 Å². The zero-order chi connectivity index (χ0) is 2.00. The van der Waals surface area contributed by atoms with E-state index in [9.17, 15) is 0 Å². The number of hydrogen-bond donors (Lipinski definition) is 1. The maximum Gasteiger partial charge on any atom is 0.316 e. The fourth-order valence-corrected chi connectivity index (χ4v) is 0. The van der Waals surface area contributed by atoms with Crippen LogP contribution in [0.25, 0.3) is 0 Å². The molecule has 0 fully saturated rings. The van der Waals surface area contributed by atoms with Crippen molar-refractivity contribution < 1.29 is 5.11 Å². The smallest absolute Gasteiger partial charge is 0.316 e. The fraction of sp³-hybridized carbons (Fsp3) is 1.00. The van der Waals surface area contributed by atoms with Crippen molar-refractivity contribution in [2.45, 2.75) is 0 Å². The predicted octanol–water partition coefficient (Wildman–Crippen LogP) is -2.22. The molecule has 3 heteroatoms. The molecule has 0 atom stereocenters. The minimum absolute atomic E-state index is 0. The molecule has 0 bridgehead atoms. The summed E-state index contributed by atoms with van der Waals surface area (Å²) >= 11 is 0. The molecule has 0 saturated heterocycles. The van der Waals surface area contributed by atoms with E-state index in [2.05, 4.69) is 0 Å². The second-order valence-electron chi connectivity index (χ2n) is 0. The lowest BCUT2D eigenvalue weighted by Crippen LogP contribution is -1.25. The lowest BCUT2D eigenvalue weighted by molar-refractivity contribution is 0.399. The average molecular weight is 84.7 g/mol. The van der Waals surface area contributed by atoms with Gasteiger partial charge in [0, 0.05) is 7.11 Å². The summed E-state index contributed by atoms with van der Waals surface area (Å²) in [7, 11) is 1.00. The van der Waals surface area contributed by atoms with Crippen LogP contribution in [0.5, 0.6) is 0 Å². The Kier molecular flexibility index (Phi) is 110. The highest BCUT2D eigenvalue weighted by Gasteiger charge is 0.839. The Hall–Kier alpha value is 1.49. The average Bonchev–Trinajstić information content (AvgIpc) is 1.00. The number of aliphatic hydroxyl groups excluding tert-OH is 1. The molecule has 4 heavy (non-hydrogen) atoms. The van der Waals surface area contributed by atoms with Crippen LogP contribution in [0.15, 0.2) is 0 Å². The first kappa shape index (κ1) is 17.8. The first-order chi connectivity index (χ1) is 1.00. The van der Waals surface area contributed by atoms with Gasteiger partial charge in [0.05, 0.1) is 0 Å². The maximum atomic E-state index is 7.00. The monoisotopic (exact) mass is 84.0 g/mol. The highest BCUT2D eigenvalue weighted by atomic mass is 24.3. The van der Waals surface area contributed by atoms with Gasteiger partial charge >= 0.3 is 46.1 Å². The van der Waals surface area contributed by atoms with Gasteiger partial charge in [0.15, 0.2) is 0 Å². The molecule has 0 unspecified atom stereocenters. The van der Waals surface area contributed by atoms with E-state index in [1.807, 2.05) is 0 Å². The zero-order valence-electron chi connectivity index (χ0n) is 1.45. The van der Waals surface area contributed by atoms with Gasteiger partial charge in [-0.2, -0.15) is 0 Å². The summed E-state index contributed by atoms with van der Waals surface area (Å²) in [5.74, 6) is 0.